The number of nitrogens with zero attached hydrogens (tertiary/aromatic N) is 2. The number of aliphatic imine (C=N–C) groups is 1. The van der Waals surface area contributed by atoms with Crippen molar-refractivity contribution < 1.29 is 23.7 Å². The van der Waals surface area contributed by atoms with Crippen molar-refractivity contribution in [3.63, 3.8) is 0 Å². The lowest BCUT2D eigenvalue weighted by molar-refractivity contribution is -0.129. The van der Waals surface area contributed by atoms with Gasteiger partial charge in [-0.05, 0) is 29.8 Å². The number of cyclic esters (lactones) is 1. The lowest BCUT2D eigenvalue weighted by Gasteiger charge is -2.13. The molecule has 3 rings (SSSR count). The van der Waals surface area contributed by atoms with Gasteiger partial charge in [0.1, 0.15) is 0 Å². The summed E-state index contributed by atoms with van der Waals surface area (Å²) in [7, 11) is 4.54. The summed E-state index contributed by atoms with van der Waals surface area (Å²) in [6.45, 7) is 0. The molecule has 1 aliphatic heterocycles. The summed E-state index contributed by atoms with van der Waals surface area (Å²) >= 11 is 0. The predicted molar refractivity (Wildman–Crippen MR) is 90.9 cm³/mol. The molecule has 1 aromatic heterocycles. The van der Waals surface area contributed by atoms with Crippen LogP contribution >= 0.6 is 0 Å². The molecule has 0 radical (unpaired) electrons. The van der Waals surface area contributed by atoms with E-state index >= 15 is 0 Å². The minimum absolute atomic E-state index is 0.166. The first-order valence-corrected chi connectivity index (χ1v) is 7.39. The van der Waals surface area contributed by atoms with Gasteiger partial charge < -0.3 is 18.9 Å². The van der Waals surface area contributed by atoms with Crippen molar-refractivity contribution in [2.24, 2.45) is 4.99 Å². The Morgan fingerprint density at radius 2 is 1.80 bits per heavy atom. The molecule has 25 heavy (non-hydrogen) atoms. The normalized spacial score (nSPS) is 14.9. The van der Waals surface area contributed by atoms with Gasteiger partial charge in [0.25, 0.3) is 0 Å². The van der Waals surface area contributed by atoms with E-state index in [9.17, 15) is 4.79 Å². The largest absolute Gasteiger partial charge is 0.493 e. The number of rotatable bonds is 5. The summed E-state index contributed by atoms with van der Waals surface area (Å²) < 4.78 is 21.2. The van der Waals surface area contributed by atoms with Crippen molar-refractivity contribution in [1.82, 2.24) is 4.98 Å². The van der Waals surface area contributed by atoms with E-state index in [2.05, 4.69) is 9.98 Å². The SMILES string of the molecule is COc1cc(C2=N/C(=C\c3cccnc3)C(=O)O2)cc(OC)c1OC. The van der Waals surface area contributed by atoms with E-state index in [1.165, 1.54) is 21.3 Å². The van der Waals surface area contributed by atoms with E-state index in [0.717, 1.165) is 5.56 Å². The number of ether oxygens (including phenoxy) is 4. The van der Waals surface area contributed by atoms with Gasteiger partial charge in [-0.1, -0.05) is 6.07 Å². The van der Waals surface area contributed by atoms with Crippen LogP contribution in [0.1, 0.15) is 11.1 Å². The zero-order chi connectivity index (χ0) is 17.8. The van der Waals surface area contributed by atoms with Crippen LogP contribution in [-0.4, -0.2) is 38.2 Å². The summed E-state index contributed by atoms with van der Waals surface area (Å²) in [5.74, 6) is 0.970. The van der Waals surface area contributed by atoms with Crippen LogP contribution in [0.5, 0.6) is 17.2 Å². The molecule has 0 saturated carbocycles. The Hall–Kier alpha value is -3.35. The first kappa shape index (κ1) is 16.5. The average molecular weight is 340 g/mol. The summed E-state index contributed by atoms with van der Waals surface area (Å²) in [5, 5.41) is 0. The molecule has 7 nitrogen and oxygen atoms in total. The molecule has 0 unspecified atom stereocenters. The molecule has 0 aliphatic carbocycles. The molecule has 0 amide bonds. The molecule has 0 N–H and O–H groups in total. The fraction of sp³-hybridized carbons (Fsp3) is 0.167. The molecule has 0 spiro atoms. The first-order chi connectivity index (χ1) is 12.2. The molecule has 0 bridgehead atoms. The zero-order valence-corrected chi connectivity index (χ0v) is 14.0. The van der Waals surface area contributed by atoms with Crippen LogP contribution in [0.3, 0.4) is 0 Å². The summed E-state index contributed by atoms with van der Waals surface area (Å²) in [5.41, 5.74) is 1.48. The molecule has 7 heteroatoms. The smallest absolute Gasteiger partial charge is 0.363 e. The van der Waals surface area contributed by atoms with Crippen molar-refractivity contribution in [1.29, 1.82) is 0 Å². The Kier molecular flexibility index (Phi) is 4.65. The fourth-order valence-corrected chi connectivity index (χ4v) is 2.36. The summed E-state index contributed by atoms with van der Waals surface area (Å²) in [6.07, 6.45) is 4.90. The van der Waals surface area contributed by atoms with Crippen molar-refractivity contribution in [3.8, 4) is 17.2 Å². The third kappa shape index (κ3) is 3.30. The maximum Gasteiger partial charge on any atom is 0.363 e. The number of aromatic nitrogens is 1. The highest BCUT2D eigenvalue weighted by Crippen LogP contribution is 2.39. The maximum absolute atomic E-state index is 12.1. The first-order valence-electron chi connectivity index (χ1n) is 7.39. The molecule has 2 aromatic rings. The molecule has 0 saturated heterocycles. The van der Waals surface area contributed by atoms with E-state index < -0.39 is 5.97 Å². The average Bonchev–Trinajstić information content (AvgIpc) is 3.01. The van der Waals surface area contributed by atoms with Crippen LogP contribution in [0.25, 0.3) is 6.08 Å². The third-order valence-electron chi connectivity index (χ3n) is 3.52. The second kappa shape index (κ2) is 7.04. The molecular weight excluding hydrogens is 324 g/mol. The number of esters is 1. The number of pyridine rings is 1. The highest BCUT2D eigenvalue weighted by Gasteiger charge is 2.26. The van der Waals surface area contributed by atoms with E-state index in [1.807, 2.05) is 6.07 Å². The van der Waals surface area contributed by atoms with Gasteiger partial charge in [-0.15, -0.1) is 0 Å². The van der Waals surface area contributed by atoms with Crippen molar-refractivity contribution >= 4 is 17.9 Å². The quantitative estimate of drug-likeness (QED) is 0.614. The minimum atomic E-state index is -0.535. The predicted octanol–water partition coefficient (Wildman–Crippen LogP) is 2.45. The molecule has 1 aliphatic rings. The van der Waals surface area contributed by atoms with E-state index in [-0.39, 0.29) is 11.6 Å². The molecule has 0 atom stereocenters. The number of carbonyl (C=O) groups is 1. The Balaban J connectivity index is 2.01. The van der Waals surface area contributed by atoms with E-state index in [1.54, 1.807) is 36.7 Å². The van der Waals surface area contributed by atoms with Crippen LogP contribution in [0, 0.1) is 0 Å². The van der Waals surface area contributed by atoms with Gasteiger partial charge in [0, 0.05) is 18.0 Å². The third-order valence-corrected chi connectivity index (χ3v) is 3.52. The molecule has 1 aromatic carbocycles. The van der Waals surface area contributed by atoms with Crippen LogP contribution in [0.4, 0.5) is 0 Å². The van der Waals surface area contributed by atoms with Crippen molar-refractivity contribution in [2.75, 3.05) is 21.3 Å². The Bertz CT molecular complexity index is 834. The highest BCUT2D eigenvalue weighted by molar-refractivity contribution is 6.13. The standard InChI is InChI=1S/C18H16N2O5/c1-22-14-8-12(9-15(23-2)16(14)24-3)17-20-13(18(21)25-17)7-11-5-4-6-19-10-11/h4-10H,1-3H3/b13-7-. The molecule has 128 valence electrons. The highest BCUT2D eigenvalue weighted by atomic mass is 16.6. The zero-order valence-electron chi connectivity index (χ0n) is 14.0. The fourth-order valence-electron chi connectivity index (χ4n) is 2.36. The second-order valence-corrected chi connectivity index (χ2v) is 5.04. The Morgan fingerprint density at radius 3 is 2.36 bits per heavy atom. The molecule has 0 fully saturated rings. The van der Waals surface area contributed by atoms with E-state index in [4.69, 9.17) is 18.9 Å². The van der Waals surface area contributed by atoms with Gasteiger partial charge in [-0.2, -0.15) is 0 Å². The lowest BCUT2D eigenvalue weighted by atomic mass is 10.1. The maximum atomic E-state index is 12.1. The summed E-state index contributed by atoms with van der Waals surface area (Å²) in [6, 6.07) is 6.93. The van der Waals surface area contributed by atoms with Gasteiger partial charge in [-0.25, -0.2) is 9.79 Å². The monoisotopic (exact) mass is 340 g/mol. The number of benzene rings is 1. The van der Waals surface area contributed by atoms with Crippen LogP contribution < -0.4 is 14.2 Å². The van der Waals surface area contributed by atoms with Crippen LogP contribution in [-0.2, 0) is 9.53 Å². The topological polar surface area (TPSA) is 79.2 Å². The summed E-state index contributed by atoms with van der Waals surface area (Å²) in [4.78, 5) is 20.4. The number of hydrogen-bond donors (Lipinski definition) is 0. The molecular formula is C18H16N2O5. The second-order valence-electron chi connectivity index (χ2n) is 5.04. The Labute approximate surface area is 144 Å². The van der Waals surface area contributed by atoms with Gasteiger partial charge in [0.05, 0.1) is 21.3 Å². The van der Waals surface area contributed by atoms with Gasteiger partial charge in [-0.3, -0.25) is 4.98 Å². The number of carbonyl (C=O) groups excluding carboxylic acids is 1. The van der Waals surface area contributed by atoms with Crippen LogP contribution in [0.2, 0.25) is 0 Å². The Morgan fingerprint density at radius 1 is 1.08 bits per heavy atom. The van der Waals surface area contributed by atoms with Gasteiger partial charge >= 0.3 is 5.97 Å². The van der Waals surface area contributed by atoms with E-state index in [0.29, 0.717) is 22.8 Å². The van der Waals surface area contributed by atoms with Crippen LogP contribution in [0.15, 0.2) is 47.3 Å². The van der Waals surface area contributed by atoms with Crippen molar-refractivity contribution in [2.45, 2.75) is 0 Å². The van der Waals surface area contributed by atoms with Gasteiger partial charge in [0.15, 0.2) is 17.2 Å². The lowest BCUT2D eigenvalue weighted by Crippen LogP contribution is -2.06. The number of methoxy groups -OCH3 is 3. The minimum Gasteiger partial charge on any atom is -0.493 e. The number of hydrogen-bond acceptors (Lipinski definition) is 7. The van der Waals surface area contributed by atoms with Gasteiger partial charge in [0.2, 0.25) is 11.6 Å². The molecule has 2 heterocycles. The van der Waals surface area contributed by atoms with Crippen molar-refractivity contribution in [3.05, 3.63) is 53.5 Å².